The zero-order chi connectivity index (χ0) is 13.8. The molecule has 1 N–H and O–H groups in total. The number of carbonyl (C=O) groups is 1. The Balaban J connectivity index is 2.57. The molecule has 1 fully saturated rings. The van der Waals surface area contributed by atoms with Crippen LogP contribution in [0.5, 0.6) is 0 Å². The minimum absolute atomic E-state index is 0.0407. The van der Waals surface area contributed by atoms with Gasteiger partial charge in [-0.2, -0.15) is 0 Å². The van der Waals surface area contributed by atoms with E-state index in [1.165, 1.54) is 0 Å². The quantitative estimate of drug-likeness (QED) is 0.774. The lowest BCUT2D eigenvalue weighted by atomic mass is 9.90. The number of rotatable bonds is 6. The Morgan fingerprint density at radius 2 is 2.11 bits per heavy atom. The molecule has 0 bridgehead atoms. The summed E-state index contributed by atoms with van der Waals surface area (Å²) in [5, 5.41) is 3.29. The molecule has 18 heavy (non-hydrogen) atoms. The summed E-state index contributed by atoms with van der Waals surface area (Å²) in [5.41, 5.74) is 0.146. The average Bonchev–Trinajstić information content (AvgIpc) is 2.22. The molecular weight excluding hydrogens is 226 g/mol. The molecule has 0 aliphatic carbocycles. The van der Waals surface area contributed by atoms with E-state index in [1.807, 2.05) is 4.90 Å². The maximum absolute atomic E-state index is 12.3. The number of piperidine rings is 1. The Labute approximate surface area is 112 Å². The van der Waals surface area contributed by atoms with Gasteiger partial charge in [0.15, 0.2) is 0 Å². The first-order chi connectivity index (χ1) is 8.35. The topological polar surface area (TPSA) is 35.6 Å². The predicted octanol–water partition coefficient (Wildman–Crippen LogP) is 1.17. The highest BCUT2D eigenvalue weighted by Gasteiger charge is 2.32. The van der Waals surface area contributed by atoms with Gasteiger partial charge in [0, 0.05) is 19.6 Å². The van der Waals surface area contributed by atoms with Crippen molar-refractivity contribution in [1.82, 2.24) is 15.1 Å². The first-order valence-corrected chi connectivity index (χ1v) is 7.02. The van der Waals surface area contributed by atoms with Gasteiger partial charge in [-0.05, 0) is 38.9 Å². The Kier molecular flexibility index (Phi) is 5.60. The molecule has 0 spiro atoms. The largest absolute Gasteiger partial charge is 0.341 e. The van der Waals surface area contributed by atoms with Crippen LogP contribution < -0.4 is 5.32 Å². The number of likely N-dealkylation sites (tertiary alicyclic amines) is 1. The standard InChI is InChI=1S/C14H29N3O/c1-6-15-12-8-7-9-17(13(12)18)11-14(2,3)10-16(4)5/h12,15H,6-11H2,1-5H3. The van der Waals surface area contributed by atoms with Crippen LogP contribution in [0.3, 0.4) is 0 Å². The number of likely N-dealkylation sites (N-methyl/N-ethyl adjacent to an activating group) is 1. The van der Waals surface area contributed by atoms with Gasteiger partial charge in [0.25, 0.3) is 0 Å². The van der Waals surface area contributed by atoms with Crippen molar-refractivity contribution in [2.45, 2.75) is 39.7 Å². The Morgan fingerprint density at radius 3 is 2.67 bits per heavy atom. The molecule has 0 aromatic rings. The number of hydrogen-bond acceptors (Lipinski definition) is 3. The molecule has 1 aliphatic heterocycles. The maximum atomic E-state index is 12.3. The minimum Gasteiger partial charge on any atom is -0.341 e. The SMILES string of the molecule is CCNC1CCCN(CC(C)(C)CN(C)C)C1=O. The number of carbonyl (C=O) groups excluding carboxylic acids is 1. The second-order valence-corrected chi connectivity index (χ2v) is 6.41. The highest BCUT2D eigenvalue weighted by atomic mass is 16.2. The van der Waals surface area contributed by atoms with E-state index in [9.17, 15) is 4.79 Å². The number of amides is 1. The van der Waals surface area contributed by atoms with E-state index in [4.69, 9.17) is 0 Å². The van der Waals surface area contributed by atoms with Gasteiger partial charge in [-0.15, -0.1) is 0 Å². The molecule has 1 amide bonds. The molecule has 1 aliphatic rings. The number of nitrogens with zero attached hydrogens (tertiary/aromatic N) is 2. The molecule has 1 heterocycles. The van der Waals surface area contributed by atoms with E-state index >= 15 is 0 Å². The lowest BCUT2D eigenvalue weighted by Gasteiger charge is -2.39. The molecule has 1 saturated heterocycles. The summed E-state index contributed by atoms with van der Waals surface area (Å²) in [7, 11) is 4.17. The van der Waals surface area contributed by atoms with Crippen molar-refractivity contribution in [3.8, 4) is 0 Å². The fourth-order valence-electron chi connectivity index (χ4n) is 2.96. The van der Waals surface area contributed by atoms with Crippen molar-refractivity contribution in [3.05, 3.63) is 0 Å². The van der Waals surface area contributed by atoms with Crippen LogP contribution >= 0.6 is 0 Å². The Morgan fingerprint density at radius 1 is 1.44 bits per heavy atom. The molecule has 1 rings (SSSR count). The summed E-state index contributed by atoms with van der Waals surface area (Å²) in [5.74, 6) is 0.287. The summed E-state index contributed by atoms with van der Waals surface area (Å²) in [6.07, 6.45) is 2.10. The molecule has 4 nitrogen and oxygen atoms in total. The monoisotopic (exact) mass is 255 g/mol. The van der Waals surface area contributed by atoms with Gasteiger partial charge in [-0.3, -0.25) is 4.79 Å². The van der Waals surface area contributed by atoms with E-state index < -0.39 is 0 Å². The second kappa shape index (κ2) is 6.53. The zero-order valence-electron chi connectivity index (χ0n) is 12.6. The average molecular weight is 255 g/mol. The minimum atomic E-state index is 0.0407. The van der Waals surface area contributed by atoms with Gasteiger partial charge >= 0.3 is 0 Å². The van der Waals surface area contributed by atoms with Crippen LogP contribution in [-0.4, -0.2) is 62.0 Å². The van der Waals surface area contributed by atoms with Crippen molar-refractivity contribution >= 4 is 5.91 Å². The van der Waals surface area contributed by atoms with Crippen molar-refractivity contribution < 1.29 is 4.79 Å². The van der Waals surface area contributed by atoms with Gasteiger partial charge < -0.3 is 15.1 Å². The first kappa shape index (κ1) is 15.4. The molecule has 4 heteroatoms. The van der Waals surface area contributed by atoms with Crippen molar-refractivity contribution in [2.75, 3.05) is 40.3 Å². The molecule has 0 aromatic heterocycles. The third-order valence-electron chi connectivity index (χ3n) is 3.34. The lowest BCUT2D eigenvalue weighted by Crippen LogP contribution is -2.53. The van der Waals surface area contributed by atoms with Crippen LogP contribution in [0.4, 0.5) is 0 Å². The fraction of sp³-hybridized carbons (Fsp3) is 0.929. The van der Waals surface area contributed by atoms with E-state index in [0.29, 0.717) is 0 Å². The van der Waals surface area contributed by atoms with Crippen LogP contribution in [0.15, 0.2) is 0 Å². The molecule has 106 valence electrons. The van der Waals surface area contributed by atoms with Gasteiger partial charge in [-0.25, -0.2) is 0 Å². The van der Waals surface area contributed by atoms with E-state index in [2.05, 4.69) is 45.1 Å². The van der Waals surface area contributed by atoms with E-state index in [1.54, 1.807) is 0 Å². The maximum Gasteiger partial charge on any atom is 0.239 e. The van der Waals surface area contributed by atoms with Crippen molar-refractivity contribution in [1.29, 1.82) is 0 Å². The smallest absolute Gasteiger partial charge is 0.239 e. The van der Waals surface area contributed by atoms with Gasteiger partial charge in [0.05, 0.1) is 6.04 Å². The van der Waals surface area contributed by atoms with Crippen LogP contribution in [0, 0.1) is 5.41 Å². The summed E-state index contributed by atoms with van der Waals surface area (Å²) in [6, 6.07) is 0.0407. The van der Waals surface area contributed by atoms with Crippen molar-refractivity contribution in [2.24, 2.45) is 5.41 Å². The van der Waals surface area contributed by atoms with Crippen LogP contribution in [0.1, 0.15) is 33.6 Å². The van der Waals surface area contributed by atoms with Crippen LogP contribution in [0.2, 0.25) is 0 Å². The van der Waals surface area contributed by atoms with Crippen LogP contribution in [0.25, 0.3) is 0 Å². The normalized spacial score (nSPS) is 21.8. The third kappa shape index (κ3) is 4.58. The van der Waals surface area contributed by atoms with Gasteiger partial charge in [0.2, 0.25) is 5.91 Å². The molecule has 1 atom stereocenters. The summed E-state index contributed by atoms with van der Waals surface area (Å²) >= 11 is 0. The van der Waals surface area contributed by atoms with Crippen LogP contribution in [-0.2, 0) is 4.79 Å². The molecular formula is C14H29N3O. The number of hydrogen-bond donors (Lipinski definition) is 1. The van der Waals surface area contributed by atoms with E-state index in [-0.39, 0.29) is 17.4 Å². The molecule has 1 unspecified atom stereocenters. The predicted molar refractivity (Wildman–Crippen MR) is 75.6 cm³/mol. The summed E-state index contributed by atoms with van der Waals surface area (Å²) in [4.78, 5) is 16.6. The van der Waals surface area contributed by atoms with Gasteiger partial charge in [-0.1, -0.05) is 20.8 Å². The fourth-order valence-corrected chi connectivity index (χ4v) is 2.96. The first-order valence-electron chi connectivity index (χ1n) is 7.02. The molecule has 0 radical (unpaired) electrons. The summed E-state index contributed by atoms with van der Waals surface area (Å²) in [6.45, 7) is 10.2. The summed E-state index contributed by atoms with van der Waals surface area (Å²) < 4.78 is 0. The number of nitrogens with one attached hydrogen (secondary N) is 1. The third-order valence-corrected chi connectivity index (χ3v) is 3.34. The van der Waals surface area contributed by atoms with Crippen molar-refractivity contribution in [3.63, 3.8) is 0 Å². The Bertz CT molecular complexity index is 274. The van der Waals surface area contributed by atoms with E-state index in [0.717, 1.165) is 39.0 Å². The highest BCUT2D eigenvalue weighted by Crippen LogP contribution is 2.21. The zero-order valence-corrected chi connectivity index (χ0v) is 12.6. The highest BCUT2D eigenvalue weighted by molar-refractivity contribution is 5.82. The second-order valence-electron chi connectivity index (χ2n) is 6.41. The lowest BCUT2D eigenvalue weighted by molar-refractivity contribution is -0.137. The van der Waals surface area contributed by atoms with Gasteiger partial charge in [0.1, 0.15) is 0 Å². The molecule has 0 saturated carbocycles. The Hall–Kier alpha value is -0.610. The molecule has 0 aromatic carbocycles.